The smallest absolute Gasteiger partial charge is 0.423 e. The van der Waals surface area contributed by atoms with Crippen molar-refractivity contribution in [3.63, 3.8) is 0 Å². The van der Waals surface area contributed by atoms with Crippen LogP contribution in [-0.4, -0.2) is 23.5 Å². The monoisotopic (exact) mass is 178 g/mol. The van der Waals surface area contributed by atoms with Crippen LogP contribution in [0.2, 0.25) is 0 Å². The zero-order chi connectivity index (χ0) is 9.84. The number of carbonyl (C=O) groups is 1. The van der Waals surface area contributed by atoms with E-state index < -0.39 is 7.12 Å². The van der Waals surface area contributed by atoms with Crippen LogP contribution < -0.4 is 5.46 Å². The average molecular weight is 178 g/mol. The molecular weight excluding hydrogens is 167 g/mol. The zero-order valence-electron chi connectivity index (χ0n) is 7.40. The maximum absolute atomic E-state index is 10.5. The van der Waals surface area contributed by atoms with Crippen molar-refractivity contribution < 1.29 is 14.8 Å². The number of rotatable bonds is 3. The van der Waals surface area contributed by atoms with Crippen molar-refractivity contribution >= 4 is 18.9 Å². The molecule has 2 N–H and O–H groups in total. The Morgan fingerprint density at radius 1 is 1.46 bits per heavy atom. The molecule has 13 heavy (non-hydrogen) atoms. The van der Waals surface area contributed by atoms with Crippen LogP contribution in [0.4, 0.5) is 0 Å². The van der Waals surface area contributed by atoms with E-state index in [0.717, 1.165) is 12.0 Å². The minimum atomic E-state index is -1.58. The molecule has 0 fully saturated rings. The number of carbonyl (C=O) groups excluding carboxylic acids is 1. The predicted octanol–water partition coefficient (Wildman–Crippen LogP) is -0.259. The van der Waals surface area contributed by atoms with E-state index in [0.29, 0.717) is 11.8 Å². The van der Waals surface area contributed by atoms with Gasteiger partial charge in [-0.15, -0.1) is 0 Å². The Labute approximate surface area is 77.2 Å². The summed E-state index contributed by atoms with van der Waals surface area (Å²) in [6.07, 6.45) is 1.42. The van der Waals surface area contributed by atoms with Crippen LogP contribution in [0, 0.1) is 0 Å². The van der Waals surface area contributed by atoms with Gasteiger partial charge in [0, 0.05) is 5.56 Å². The number of aldehydes is 1. The molecule has 1 aromatic carbocycles. The number of aryl methyl sites for hydroxylation is 1. The molecule has 0 amide bonds. The van der Waals surface area contributed by atoms with Crippen molar-refractivity contribution in [1.82, 2.24) is 0 Å². The maximum Gasteiger partial charge on any atom is 0.489 e. The molecule has 0 aliphatic carbocycles. The van der Waals surface area contributed by atoms with Crippen LogP contribution in [0.1, 0.15) is 22.8 Å². The van der Waals surface area contributed by atoms with Gasteiger partial charge in [0.2, 0.25) is 0 Å². The fraction of sp³-hybridized carbons (Fsp3) is 0.222. The Hall–Kier alpha value is -1.13. The minimum absolute atomic E-state index is 0.273. The van der Waals surface area contributed by atoms with Crippen molar-refractivity contribution in [1.29, 1.82) is 0 Å². The number of hydrogen-bond donors (Lipinski definition) is 2. The van der Waals surface area contributed by atoms with E-state index in [9.17, 15) is 4.79 Å². The highest BCUT2D eigenvalue weighted by Crippen LogP contribution is 2.01. The molecule has 68 valence electrons. The van der Waals surface area contributed by atoms with E-state index in [1.807, 2.05) is 6.92 Å². The highest BCUT2D eigenvalue weighted by molar-refractivity contribution is 6.60. The molecule has 1 aromatic rings. The topological polar surface area (TPSA) is 57.5 Å². The Morgan fingerprint density at radius 3 is 2.62 bits per heavy atom. The molecular formula is C9H11BO3. The van der Waals surface area contributed by atoms with Gasteiger partial charge in [-0.3, -0.25) is 4.79 Å². The first kappa shape index (κ1) is 9.96. The largest absolute Gasteiger partial charge is 0.489 e. The maximum atomic E-state index is 10.5. The van der Waals surface area contributed by atoms with Crippen molar-refractivity contribution in [3.05, 3.63) is 29.3 Å². The fourth-order valence-electron chi connectivity index (χ4n) is 1.18. The van der Waals surface area contributed by atoms with Crippen LogP contribution in [0.25, 0.3) is 0 Å². The van der Waals surface area contributed by atoms with Crippen molar-refractivity contribution in [3.8, 4) is 0 Å². The molecule has 0 saturated carbocycles. The Balaban J connectivity index is 3.17. The summed E-state index contributed by atoms with van der Waals surface area (Å²) in [5, 5.41) is 17.9. The molecule has 0 bridgehead atoms. The highest BCUT2D eigenvalue weighted by Gasteiger charge is 2.15. The molecule has 0 aliphatic heterocycles. The van der Waals surface area contributed by atoms with E-state index in [2.05, 4.69) is 0 Å². The van der Waals surface area contributed by atoms with E-state index >= 15 is 0 Å². The third kappa shape index (κ3) is 2.17. The molecule has 0 radical (unpaired) electrons. The first-order valence-corrected chi connectivity index (χ1v) is 4.13. The Morgan fingerprint density at radius 2 is 2.15 bits per heavy atom. The lowest BCUT2D eigenvalue weighted by atomic mass is 9.76. The van der Waals surface area contributed by atoms with Crippen LogP contribution in [0.3, 0.4) is 0 Å². The Bertz CT molecular complexity index is 310. The lowest BCUT2D eigenvalue weighted by molar-refractivity contribution is 0.112. The van der Waals surface area contributed by atoms with Gasteiger partial charge in [-0.05, 0) is 17.4 Å². The van der Waals surface area contributed by atoms with Gasteiger partial charge < -0.3 is 10.0 Å². The molecule has 0 aliphatic rings. The minimum Gasteiger partial charge on any atom is -0.423 e. The number of hydrogen-bond acceptors (Lipinski definition) is 3. The first-order chi connectivity index (χ1) is 6.19. The van der Waals surface area contributed by atoms with Gasteiger partial charge in [-0.25, -0.2) is 0 Å². The molecule has 0 spiro atoms. The van der Waals surface area contributed by atoms with Gasteiger partial charge in [-0.2, -0.15) is 0 Å². The molecule has 0 heterocycles. The summed E-state index contributed by atoms with van der Waals surface area (Å²) >= 11 is 0. The second kappa shape index (κ2) is 4.21. The van der Waals surface area contributed by atoms with Crippen LogP contribution >= 0.6 is 0 Å². The predicted molar refractivity (Wildman–Crippen MR) is 51.0 cm³/mol. The Kier molecular flexibility index (Phi) is 3.22. The summed E-state index contributed by atoms with van der Waals surface area (Å²) in [5.74, 6) is 0. The van der Waals surface area contributed by atoms with Gasteiger partial charge in [0.15, 0.2) is 0 Å². The second-order valence-electron chi connectivity index (χ2n) is 2.81. The van der Waals surface area contributed by atoms with E-state index in [4.69, 9.17) is 10.0 Å². The molecule has 1 rings (SSSR count). The average Bonchev–Trinajstić information content (AvgIpc) is 2.16. The molecule has 0 saturated heterocycles. The summed E-state index contributed by atoms with van der Waals surface area (Å²) < 4.78 is 0. The normalized spacial score (nSPS) is 9.77. The van der Waals surface area contributed by atoms with Crippen molar-refractivity contribution in [2.75, 3.05) is 0 Å². The summed E-state index contributed by atoms with van der Waals surface area (Å²) in [4.78, 5) is 10.5. The van der Waals surface area contributed by atoms with Crippen molar-refractivity contribution in [2.45, 2.75) is 13.3 Å². The molecule has 4 heteroatoms. The van der Waals surface area contributed by atoms with E-state index in [-0.39, 0.29) is 5.46 Å². The number of benzene rings is 1. The summed E-state index contributed by atoms with van der Waals surface area (Å²) in [6, 6.07) is 5.03. The van der Waals surface area contributed by atoms with Gasteiger partial charge in [0.05, 0.1) is 0 Å². The highest BCUT2D eigenvalue weighted by atomic mass is 16.4. The summed E-state index contributed by atoms with van der Waals surface area (Å²) in [6.45, 7) is 1.96. The fourth-order valence-corrected chi connectivity index (χ4v) is 1.18. The molecule has 0 atom stereocenters. The second-order valence-corrected chi connectivity index (χ2v) is 2.81. The summed E-state index contributed by atoms with van der Waals surface area (Å²) in [7, 11) is -1.58. The SMILES string of the molecule is CCc1ccc(C=O)c(B(O)O)c1. The first-order valence-electron chi connectivity index (χ1n) is 4.13. The van der Waals surface area contributed by atoms with E-state index in [1.165, 1.54) is 0 Å². The quantitative estimate of drug-likeness (QED) is 0.495. The molecule has 0 aromatic heterocycles. The van der Waals surface area contributed by atoms with Gasteiger partial charge in [-0.1, -0.05) is 25.1 Å². The third-order valence-electron chi connectivity index (χ3n) is 1.96. The van der Waals surface area contributed by atoms with Gasteiger partial charge >= 0.3 is 7.12 Å². The zero-order valence-corrected chi connectivity index (χ0v) is 7.40. The standard InChI is InChI=1S/C9H11BO3/c1-2-7-3-4-8(6-11)9(5-7)10(12)13/h3-6,12-13H,2H2,1H3. The molecule has 0 unspecified atom stereocenters. The lowest BCUT2D eigenvalue weighted by Gasteiger charge is -2.05. The van der Waals surface area contributed by atoms with Crippen molar-refractivity contribution in [2.24, 2.45) is 0 Å². The van der Waals surface area contributed by atoms with E-state index in [1.54, 1.807) is 18.2 Å². The third-order valence-corrected chi connectivity index (χ3v) is 1.96. The summed E-state index contributed by atoms with van der Waals surface area (Å²) in [5.41, 5.74) is 1.58. The lowest BCUT2D eigenvalue weighted by Crippen LogP contribution is -2.33. The van der Waals surface area contributed by atoms with Crippen LogP contribution in [0.15, 0.2) is 18.2 Å². The van der Waals surface area contributed by atoms with Crippen LogP contribution in [-0.2, 0) is 6.42 Å². The van der Waals surface area contributed by atoms with Gasteiger partial charge in [0.25, 0.3) is 0 Å². The van der Waals surface area contributed by atoms with Crippen LogP contribution in [0.5, 0.6) is 0 Å². The van der Waals surface area contributed by atoms with Gasteiger partial charge in [0.1, 0.15) is 6.29 Å². The molecule has 3 nitrogen and oxygen atoms in total.